The Labute approximate surface area is 117 Å². The van der Waals surface area contributed by atoms with E-state index < -0.39 is 17.8 Å². The second-order valence-electron chi connectivity index (χ2n) is 5.44. The molecule has 0 spiro atoms. The number of aliphatic carboxylic acids is 1. The molecule has 0 aliphatic carbocycles. The van der Waals surface area contributed by atoms with E-state index in [2.05, 4.69) is 0 Å². The number of carboxylic acid groups (broad SMARTS) is 1. The monoisotopic (exact) mass is 279 g/mol. The summed E-state index contributed by atoms with van der Waals surface area (Å²) >= 11 is 0. The Balaban J connectivity index is 2.28. The van der Waals surface area contributed by atoms with Gasteiger partial charge in [0.1, 0.15) is 11.9 Å². The molecular weight excluding hydrogens is 261 g/mol. The molecule has 20 heavy (non-hydrogen) atoms. The highest BCUT2D eigenvalue weighted by atomic mass is 19.1. The second kappa shape index (κ2) is 5.61. The van der Waals surface area contributed by atoms with Crippen LogP contribution in [-0.4, -0.2) is 34.5 Å². The van der Waals surface area contributed by atoms with E-state index in [1.54, 1.807) is 6.92 Å². The number of carbonyl (C=O) groups is 2. The van der Waals surface area contributed by atoms with Crippen LogP contribution in [0, 0.1) is 18.7 Å². The number of halogens is 1. The van der Waals surface area contributed by atoms with Crippen LogP contribution in [0.1, 0.15) is 35.7 Å². The zero-order valence-electron chi connectivity index (χ0n) is 11.6. The molecular formula is C15H18FNO3. The van der Waals surface area contributed by atoms with Crippen LogP contribution in [0.4, 0.5) is 4.39 Å². The molecule has 1 fully saturated rings. The van der Waals surface area contributed by atoms with Gasteiger partial charge in [-0.15, -0.1) is 0 Å². The SMILES string of the molecule is Cc1cc(F)ccc1C(=O)N1CCC(C)CC1C(=O)O. The fourth-order valence-electron chi connectivity index (χ4n) is 2.64. The van der Waals surface area contributed by atoms with Crippen molar-refractivity contribution in [1.29, 1.82) is 0 Å². The standard InChI is InChI=1S/C15H18FNO3/c1-9-5-6-17(13(7-9)15(19)20)14(18)12-4-3-11(16)8-10(12)2/h3-4,8-9,13H,5-7H2,1-2H3,(H,19,20). The number of amides is 1. The molecule has 1 heterocycles. The third-order valence-corrected chi connectivity index (χ3v) is 3.83. The lowest BCUT2D eigenvalue weighted by Crippen LogP contribution is -2.49. The number of hydrogen-bond acceptors (Lipinski definition) is 2. The molecule has 2 rings (SSSR count). The number of nitrogens with zero attached hydrogens (tertiary/aromatic N) is 1. The quantitative estimate of drug-likeness (QED) is 0.904. The highest BCUT2D eigenvalue weighted by Gasteiger charge is 2.35. The van der Waals surface area contributed by atoms with E-state index in [4.69, 9.17) is 0 Å². The average molecular weight is 279 g/mol. The summed E-state index contributed by atoms with van der Waals surface area (Å²) in [7, 11) is 0. The lowest BCUT2D eigenvalue weighted by atomic mass is 9.91. The summed E-state index contributed by atoms with van der Waals surface area (Å²) in [5.41, 5.74) is 0.893. The van der Waals surface area contributed by atoms with Gasteiger partial charge in [0.2, 0.25) is 0 Å². The van der Waals surface area contributed by atoms with Crippen LogP contribution in [0.5, 0.6) is 0 Å². The van der Waals surface area contributed by atoms with E-state index in [0.29, 0.717) is 24.1 Å². The molecule has 1 N–H and O–H groups in total. The third-order valence-electron chi connectivity index (χ3n) is 3.83. The Bertz CT molecular complexity index is 544. The van der Waals surface area contributed by atoms with Crippen molar-refractivity contribution in [1.82, 2.24) is 4.90 Å². The maximum Gasteiger partial charge on any atom is 0.326 e. The molecule has 1 saturated heterocycles. The van der Waals surface area contributed by atoms with Crippen LogP contribution in [0.25, 0.3) is 0 Å². The Morgan fingerprint density at radius 1 is 1.40 bits per heavy atom. The Hall–Kier alpha value is -1.91. The fourth-order valence-corrected chi connectivity index (χ4v) is 2.64. The normalized spacial score (nSPS) is 22.6. The van der Waals surface area contributed by atoms with Gasteiger partial charge in [0.05, 0.1) is 0 Å². The summed E-state index contributed by atoms with van der Waals surface area (Å²) in [6, 6.07) is 3.14. The minimum atomic E-state index is -0.982. The molecule has 1 aliphatic rings. The second-order valence-corrected chi connectivity index (χ2v) is 5.44. The number of piperidine rings is 1. The zero-order valence-corrected chi connectivity index (χ0v) is 11.6. The van der Waals surface area contributed by atoms with Gasteiger partial charge in [0, 0.05) is 12.1 Å². The van der Waals surface area contributed by atoms with Crippen LogP contribution < -0.4 is 0 Å². The third kappa shape index (κ3) is 2.81. The van der Waals surface area contributed by atoms with E-state index in [1.807, 2.05) is 6.92 Å². The number of hydrogen-bond donors (Lipinski definition) is 1. The highest BCUT2D eigenvalue weighted by Crippen LogP contribution is 2.25. The maximum absolute atomic E-state index is 13.1. The van der Waals surface area contributed by atoms with Gasteiger partial charge < -0.3 is 10.0 Å². The van der Waals surface area contributed by atoms with Crippen LogP contribution in [0.3, 0.4) is 0 Å². The predicted octanol–water partition coefficient (Wildman–Crippen LogP) is 2.46. The molecule has 108 valence electrons. The maximum atomic E-state index is 13.1. The van der Waals surface area contributed by atoms with Crippen molar-refractivity contribution in [3.63, 3.8) is 0 Å². The summed E-state index contributed by atoms with van der Waals surface area (Å²) in [5.74, 6) is -1.43. The molecule has 1 amide bonds. The first kappa shape index (κ1) is 14.5. The van der Waals surface area contributed by atoms with Crippen molar-refractivity contribution >= 4 is 11.9 Å². The number of benzene rings is 1. The largest absolute Gasteiger partial charge is 0.480 e. The van der Waals surface area contributed by atoms with Crippen molar-refractivity contribution < 1.29 is 19.1 Å². The molecule has 0 saturated carbocycles. The molecule has 0 radical (unpaired) electrons. The first-order valence-electron chi connectivity index (χ1n) is 6.70. The predicted molar refractivity (Wildman–Crippen MR) is 72.0 cm³/mol. The van der Waals surface area contributed by atoms with Gasteiger partial charge >= 0.3 is 5.97 Å². The molecule has 4 nitrogen and oxygen atoms in total. The molecule has 5 heteroatoms. The van der Waals surface area contributed by atoms with Gasteiger partial charge in [0.25, 0.3) is 5.91 Å². The first-order chi connectivity index (χ1) is 9.40. The summed E-state index contributed by atoms with van der Waals surface area (Å²) in [6.07, 6.45) is 1.25. The minimum Gasteiger partial charge on any atom is -0.480 e. The van der Waals surface area contributed by atoms with E-state index in [1.165, 1.54) is 23.1 Å². The Kier molecular flexibility index (Phi) is 4.06. The smallest absolute Gasteiger partial charge is 0.326 e. The zero-order chi connectivity index (χ0) is 14.9. The van der Waals surface area contributed by atoms with Crippen molar-refractivity contribution in [3.8, 4) is 0 Å². The van der Waals surface area contributed by atoms with Gasteiger partial charge in [-0.2, -0.15) is 0 Å². The molecule has 2 atom stereocenters. The van der Waals surface area contributed by atoms with Crippen molar-refractivity contribution in [3.05, 3.63) is 35.1 Å². The lowest BCUT2D eigenvalue weighted by Gasteiger charge is -2.36. The Morgan fingerprint density at radius 3 is 2.70 bits per heavy atom. The molecule has 0 aromatic heterocycles. The van der Waals surface area contributed by atoms with E-state index >= 15 is 0 Å². The average Bonchev–Trinajstić information content (AvgIpc) is 2.37. The van der Waals surface area contributed by atoms with Crippen LogP contribution in [-0.2, 0) is 4.79 Å². The number of likely N-dealkylation sites (tertiary alicyclic amines) is 1. The van der Waals surface area contributed by atoms with Crippen LogP contribution >= 0.6 is 0 Å². The molecule has 1 aromatic rings. The summed E-state index contributed by atoms with van der Waals surface area (Å²) in [6.45, 7) is 4.06. The van der Waals surface area contributed by atoms with E-state index in [-0.39, 0.29) is 11.8 Å². The topological polar surface area (TPSA) is 57.6 Å². The fraction of sp³-hybridized carbons (Fsp3) is 0.467. The number of aryl methyl sites for hydroxylation is 1. The van der Waals surface area contributed by atoms with Gasteiger partial charge in [0.15, 0.2) is 0 Å². The molecule has 1 aromatic carbocycles. The van der Waals surface area contributed by atoms with Crippen LogP contribution in [0.2, 0.25) is 0 Å². The number of carbonyl (C=O) groups excluding carboxylic acids is 1. The van der Waals surface area contributed by atoms with Gasteiger partial charge in [-0.05, 0) is 49.4 Å². The lowest BCUT2D eigenvalue weighted by molar-refractivity contribution is -0.144. The number of carboxylic acids is 1. The summed E-state index contributed by atoms with van der Waals surface area (Å²) in [4.78, 5) is 25.2. The van der Waals surface area contributed by atoms with Crippen molar-refractivity contribution in [2.45, 2.75) is 32.7 Å². The summed E-state index contributed by atoms with van der Waals surface area (Å²) < 4.78 is 13.1. The van der Waals surface area contributed by atoms with E-state index in [9.17, 15) is 19.1 Å². The van der Waals surface area contributed by atoms with Gasteiger partial charge in [-0.3, -0.25) is 4.79 Å². The van der Waals surface area contributed by atoms with Crippen LogP contribution in [0.15, 0.2) is 18.2 Å². The molecule has 1 aliphatic heterocycles. The first-order valence-corrected chi connectivity index (χ1v) is 6.70. The minimum absolute atomic E-state index is 0.287. The van der Waals surface area contributed by atoms with Crippen molar-refractivity contribution in [2.24, 2.45) is 5.92 Å². The van der Waals surface area contributed by atoms with E-state index in [0.717, 1.165) is 6.42 Å². The molecule has 0 bridgehead atoms. The molecule has 2 unspecified atom stereocenters. The van der Waals surface area contributed by atoms with Gasteiger partial charge in [-0.1, -0.05) is 6.92 Å². The highest BCUT2D eigenvalue weighted by molar-refractivity contribution is 5.98. The van der Waals surface area contributed by atoms with Gasteiger partial charge in [-0.25, -0.2) is 9.18 Å². The Morgan fingerprint density at radius 2 is 2.10 bits per heavy atom. The van der Waals surface area contributed by atoms with Crippen molar-refractivity contribution in [2.75, 3.05) is 6.54 Å². The number of rotatable bonds is 2. The summed E-state index contributed by atoms with van der Waals surface area (Å²) in [5, 5.41) is 9.28.